The molecular formula is C22H24N4O3. The van der Waals surface area contributed by atoms with Crippen molar-refractivity contribution in [3.63, 3.8) is 0 Å². The molecule has 0 aliphatic rings. The van der Waals surface area contributed by atoms with Gasteiger partial charge in [-0.25, -0.2) is 4.79 Å². The number of nitrogens with zero attached hydrogens (tertiary/aromatic N) is 3. The highest BCUT2D eigenvalue weighted by Crippen LogP contribution is 2.29. The Morgan fingerprint density at radius 1 is 1.10 bits per heavy atom. The summed E-state index contributed by atoms with van der Waals surface area (Å²) in [5.74, 6) is -0.457. The molecule has 0 saturated heterocycles. The average Bonchev–Trinajstić information content (AvgIpc) is 3.09. The third-order valence-electron chi connectivity index (χ3n) is 4.47. The largest absolute Gasteiger partial charge is 0.462 e. The van der Waals surface area contributed by atoms with Gasteiger partial charge in [0.25, 0.3) is 0 Å². The van der Waals surface area contributed by atoms with Gasteiger partial charge in [-0.2, -0.15) is 5.10 Å². The Morgan fingerprint density at radius 2 is 1.79 bits per heavy atom. The second-order valence-electron chi connectivity index (χ2n) is 6.54. The summed E-state index contributed by atoms with van der Waals surface area (Å²) in [6.45, 7) is 2.09. The number of hydrogen-bond donors (Lipinski definition) is 1. The molecule has 7 nitrogen and oxygen atoms in total. The summed E-state index contributed by atoms with van der Waals surface area (Å²) >= 11 is 0. The number of hydrogen-bond acceptors (Lipinski definition) is 5. The van der Waals surface area contributed by atoms with Gasteiger partial charge in [-0.1, -0.05) is 48.5 Å². The van der Waals surface area contributed by atoms with Gasteiger partial charge in [-0.3, -0.25) is 9.48 Å². The zero-order valence-corrected chi connectivity index (χ0v) is 16.8. The van der Waals surface area contributed by atoms with Gasteiger partial charge in [0, 0.05) is 25.3 Å². The van der Waals surface area contributed by atoms with E-state index in [1.807, 2.05) is 66.5 Å². The molecule has 0 saturated carbocycles. The average molecular weight is 392 g/mol. The third-order valence-corrected chi connectivity index (χ3v) is 4.47. The zero-order chi connectivity index (χ0) is 20.8. The van der Waals surface area contributed by atoms with Crippen LogP contribution in [0.5, 0.6) is 0 Å². The van der Waals surface area contributed by atoms with Gasteiger partial charge in [-0.05, 0) is 18.6 Å². The van der Waals surface area contributed by atoms with E-state index in [0.29, 0.717) is 5.82 Å². The van der Waals surface area contributed by atoms with E-state index in [4.69, 9.17) is 4.74 Å². The van der Waals surface area contributed by atoms with Crippen LogP contribution in [-0.2, 0) is 16.6 Å². The normalized spacial score (nSPS) is 10.4. The van der Waals surface area contributed by atoms with E-state index in [1.54, 1.807) is 14.0 Å². The van der Waals surface area contributed by atoms with Crippen LogP contribution >= 0.6 is 0 Å². The predicted molar refractivity (Wildman–Crippen MR) is 113 cm³/mol. The smallest absolute Gasteiger partial charge is 0.343 e. The Labute approximate surface area is 169 Å². The highest BCUT2D eigenvalue weighted by atomic mass is 16.5. The number of carbonyl (C=O) groups excluding carboxylic acids is 2. The predicted octanol–water partition coefficient (Wildman–Crippen LogP) is 3.34. The Bertz CT molecular complexity index is 998. The highest BCUT2D eigenvalue weighted by Gasteiger charge is 2.20. The van der Waals surface area contributed by atoms with Crippen molar-refractivity contribution in [2.45, 2.75) is 6.92 Å². The number of amides is 1. The summed E-state index contributed by atoms with van der Waals surface area (Å²) in [6, 6.07) is 17.9. The molecule has 3 rings (SSSR count). The minimum atomic E-state index is -0.515. The maximum absolute atomic E-state index is 12.7. The van der Waals surface area contributed by atoms with E-state index >= 15 is 0 Å². The topological polar surface area (TPSA) is 76.5 Å². The second-order valence-corrected chi connectivity index (χ2v) is 6.54. The number of rotatable bonds is 7. The molecule has 7 heteroatoms. The molecule has 0 unspecified atom stereocenters. The quantitative estimate of drug-likeness (QED) is 0.624. The van der Waals surface area contributed by atoms with Crippen LogP contribution in [0, 0.1) is 0 Å². The van der Waals surface area contributed by atoms with Crippen LogP contribution in [0.25, 0.3) is 11.1 Å². The van der Waals surface area contributed by atoms with Crippen molar-refractivity contribution in [1.29, 1.82) is 0 Å². The van der Waals surface area contributed by atoms with Crippen molar-refractivity contribution >= 4 is 23.4 Å². The van der Waals surface area contributed by atoms with Crippen molar-refractivity contribution in [3.05, 3.63) is 66.4 Å². The SMILES string of the molecule is CCOC(=O)c1cnn(C)c1NC(=O)CN(C)c1ccccc1-c1ccccc1. The molecule has 0 aliphatic carbocycles. The van der Waals surface area contributed by atoms with E-state index in [1.165, 1.54) is 10.9 Å². The number of nitrogens with one attached hydrogen (secondary N) is 1. The number of carbonyl (C=O) groups is 2. The molecule has 0 atom stereocenters. The number of aryl methyl sites for hydroxylation is 1. The molecule has 1 amide bonds. The molecule has 1 heterocycles. The lowest BCUT2D eigenvalue weighted by molar-refractivity contribution is -0.115. The van der Waals surface area contributed by atoms with E-state index in [2.05, 4.69) is 10.4 Å². The van der Waals surface area contributed by atoms with Gasteiger partial charge in [0.15, 0.2) is 0 Å². The van der Waals surface area contributed by atoms with E-state index in [0.717, 1.165) is 16.8 Å². The van der Waals surface area contributed by atoms with Crippen molar-refractivity contribution in [2.24, 2.45) is 7.05 Å². The maximum atomic E-state index is 12.7. The molecular weight excluding hydrogens is 368 g/mol. The molecule has 1 aromatic heterocycles. The molecule has 150 valence electrons. The van der Waals surface area contributed by atoms with Crippen LogP contribution in [0.2, 0.25) is 0 Å². The fraction of sp³-hybridized carbons (Fsp3) is 0.227. The minimum absolute atomic E-state index is 0.108. The molecule has 29 heavy (non-hydrogen) atoms. The lowest BCUT2D eigenvalue weighted by Crippen LogP contribution is -2.31. The monoisotopic (exact) mass is 392 g/mol. The first kappa shape index (κ1) is 20.1. The van der Waals surface area contributed by atoms with Crippen LogP contribution in [-0.4, -0.2) is 41.9 Å². The van der Waals surface area contributed by atoms with Crippen LogP contribution in [0.1, 0.15) is 17.3 Å². The number of para-hydroxylation sites is 1. The zero-order valence-electron chi connectivity index (χ0n) is 16.8. The number of esters is 1. The summed E-state index contributed by atoms with van der Waals surface area (Å²) < 4.78 is 6.47. The summed E-state index contributed by atoms with van der Waals surface area (Å²) in [5, 5.41) is 6.83. The first-order valence-corrected chi connectivity index (χ1v) is 9.35. The number of likely N-dealkylation sites (N-methyl/N-ethyl adjacent to an activating group) is 1. The molecule has 0 aliphatic heterocycles. The molecule has 0 bridgehead atoms. The molecule has 3 aromatic rings. The summed E-state index contributed by atoms with van der Waals surface area (Å²) in [4.78, 5) is 26.6. The molecule has 0 spiro atoms. The maximum Gasteiger partial charge on any atom is 0.343 e. The molecule has 2 aromatic carbocycles. The van der Waals surface area contributed by atoms with Crippen LogP contribution in [0.15, 0.2) is 60.8 Å². The number of benzene rings is 2. The fourth-order valence-corrected chi connectivity index (χ4v) is 3.08. The summed E-state index contributed by atoms with van der Waals surface area (Å²) in [6.07, 6.45) is 1.39. The van der Waals surface area contributed by atoms with Crippen molar-refractivity contribution in [1.82, 2.24) is 9.78 Å². The van der Waals surface area contributed by atoms with Crippen LogP contribution < -0.4 is 10.2 Å². The standard InChI is InChI=1S/C22H24N4O3/c1-4-29-22(28)18-14-23-26(3)21(18)24-20(27)15-25(2)19-13-9-8-12-17(19)16-10-6-5-7-11-16/h5-14H,4,15H2,1-3H3,(H,24,27). The van der Waals surface area contributed by atoms with Crippen molar-refractivity contribution in [3.8, 4) is 11.1 Å². The first-order chi connectivity index (χ1) is 14.0. The third kappa shape index (κ3) is 4.63. The number of aromatic nitrogens is 2. The molecule has 1 N–H and O–H groups in total. The van der Waals surface area contributed by atoms with Gasteiger partial charge < -0.3 is 15.0 Å². The number of ether oxygens (including phenoxy) is 1. The van der Waals surface area contributed by atoms with E-state index in [-0.39, 0.29) is 24.6 Å². The lowest BCUT2D eigenvalue weighted by Gasteiger charge is -2.22. The number of anilines is 2. The summed E-state index contributed by atoms with van der Waals surface area (Å²) in [5.41, 5.74) is 3.28. The van der Waals surface area contributed by atoms with Gasteiger partial charge in [0.1, 0.15) is 11.4 Å². The van der Waals surface area contributed by atoms with Crippen molar-refractivity contribution in [2.75, 3.05) is 30.4 Å². The minimum Gasteiger partial charge on any atom is -0.462 e. The Morgan fingerprint density at radius 3 is 2.52 bits per heavy atom. The van der Waals surface area contributed by atoms with E-state index < -0.39 is 5.97 Å². The van der Waals surface area contributed by atoms with Gasteiger partial charge in [0.05, 0.1) is 19.3 Å². The van der Waals surface area contributed by atoms with Crippen LogP contribution in [0.4, 0.5) is 11.5 Å². The van der Waals surface area contributed by atoms with Gasteiger partial charge >= 0.3 is 5.97 Å². The van der Waals surface area contributed by atoms with Crippen molar-refractivity contribution < 1.29 is 14.3 Å². The highest BCUT2D eigenvalue weighted by molar-refractivity contribution is 6.01. The van der Waals surface area contributed by atoms with Gasteiger partial charge in [-0.15, -0.1) is 0 Å². The Hall–Kier alpha value is -3.61. The molecule has 0 radical (unpaired) electrons. The molecule has 0 fully saturated rings. The first-order valence-electron chi connectivity index (χ1n) is 9.35. The Balaban J connectivity index is 1.76. The van der Waals surface area contributed by atoms with Gasteiger partial charge in [0.2, 0.25) is 5.91 Å². The summed E-state index contributed by atoms with van der Waals surface area (Å²) in [7, 11) is 3.52. The lowest BCUT2D eigenvalue weighted by atomic mass is 10.0. The van der Waals surface area contributed by atoms with E-state index in [9.17, 15) is 9.59 Å². The fourth-order valence-electron chi connectivity index (χ4n) is 3.08. The van der Waals surface area contributed by atoms with Crippen LogP contribution in [0.3, 0.4) is 0 Å². The second kappa shape index (κ2) is 9.05. The Kier molecular flexibility index (Phi) is 6.29.